The predicted octanol–water partition coefficient (Wildman–Crippen LogP) is 1.41. The molecule has 1 unspecified atom stereocenters. The number of imidazole rings is 1. The van der Waals surface area contributed by atoms with Gasteiger partial charge in [0.25, 0.3) is 0 Å². The summed E-state index contributed by atoms with van der Waals surface area (Å²) in [5.74, 6) is 5.86. The summed E-state index contributed by atoms with van der Waals surface area (Å²) in [6.07, 6.45) is 3.33. The second-order valence-electron chi connectivity index (χ2n) is 3.58. The van der Waals surface area contributed by atoms with E-state index in [2.05, 4.69) is 15.4 Å². The molecule has 1 atom stereocenters. The zero-order valence-corrected chi connectivity index (χ0v) is 8.87. The smallest absolute Gasteiger partial charge is 0.129 e. The molecule has 2 aromatic rings. The van der Waals surface area contributed by atoms with Crippen LogP contribution in [0, 0.1) is 12.7 Å². The lowest BCUT2D eigenvalue weighted by Gasteiger charge is -2.14. The van der Waals surface area contributed by atoms with Crippen LogP contribution in [0.5, 0.6) is 0 Å². The number of hydrogen-bond acceptors (Lipinski definition) is 3. The second-order valence-corrected chi connectivity index (χ2v) is 3.58. The van der Waals surface area contributed by atoms with Crippen molar-refractivity contribution in [2.75, 3.05) is 0 Å². The fraction of sp³-hybridized carbons (Fsp3) is 0.182. The third kappa shape index (κ3) is 1.95. The SMILES string of the molecule is Cc1ccc(C(NN)c2ncc[nH]2)cc1F. The van der Waals surface area contributed by atoms with Crippen molar-refractivity contribution in [3.63, 3.8) is 0 Å². The van der Waals surface area contributed by atoms with E-state index in [0.29, 0.717) is 11.4 Å². The fourth-order valence-corrected chi connectivity index (χ4v) is 1.56. The van der Waals surface area contributed by atoms with Gasteiger partial charge in [0.15, 0.2) is 0 Å². The molecule has 84 valence electrons. The molecule has 4 nitrogen and oxygen atoms in total. The van der Waals surface area contributed by atoms with Gasteiger partial charge in [0.2, 0.25) is 0 Å². The Labute approximate surface area is 92.7 Å². The molecule has 0 aliphatic carbocycles. The van der Waals surface area contributed by atoms with E-state index >= 15 is 0 Å². The summed E-state index contributed by atoms with van der Waals surface area (Å²) in [7, 11) is 0. The summed E-state index contributed by atoms with van der Waals surface area (Å²) in [6, 6.07) is 4.68. The van der Waals surface area contributed by atoms with Crippen LogP contribution in [-0.4, -0.2) is 9.97 Å². The van der Waals surface area contributed by atoms with Gasteiger partial charge in [0.05, 0.1) is 0 Å². The first kappa shape index (κ1) is 10.8. The minimum absolute atomic E-state index is 0.246. The number of nitrogens with one attached hydrogen (secondary N) is 2. The number of aryl methyl sites for hydroxylation is 1. The zero-order valence-electron chi connectivity index (χ0n) is 8.87. The Morgan fingerprint density at radius 2 is 2.31 bits per heavy atom. The first-order valence-corrected chi connectivity index (χ1v) is 4.94. The van der Waals surface area contributed by atoms with Crippen LogP contribution in [0.3, 0.4) is 0 Å². The lowest BCUT2D eigenvalue weighted by molar-refractivity contribution is 0.586. The number of nitrogens with zero attached hydrogens (tertiary/aromatic N) is 1. The topological polar surface area (TPSA) is 66.7 Å². The van der Waals surface area contributed by atoms with Crippen LogP contribution in [0.2, 0.25) is 0 Å². The van der Waals surface area contributed by atoms with Crippen LogP contribution >= 0.6 is 0 Å². The first-order chi connectivity index (χ1) is 7.72. The Morgan fingerprint density at radius 1 is 1.50 bits per heavy atom. The van der Waals surface area contributed by atoms with Crippen molar-refractivity contribution in [2.45, 2.75) is 13.0 Å². The molecule has 0 aliphatic rings. The molecule has 1 heterocycles. The summed E-state index contributed by atoms with van der Waals surface area (Å²) in [6.45, 7) is 1.72. The molecular formula is C11H13FN4. The van der Waals surface area contributed by atoms with Crippen LogP contribution in [-0.2, 0) is 0 Å². The molecule has 0 aliphatic heterocycles. The Morgan fingerprint density at radius 3 is 2.88 bits per heavy atom. The van der Waals surface area contributed by atoms with Gasteiger partial charge in [-0.1, -0.05) is 12.1 Å². The molecule has 1 aromatic carbocycles. The molecule has 4 N–H and O–H groups in total. The van der Waals surface area contributed by atoms with E-state index in [-0.39, 0.29) is 11.9 Å². The van der Waals surface area contributed by atoms with Gasteiger partial charge in [-0.25, -0.2) is 14.8 Å². The second kappa shape index (κ2) is 4.42. The van der Waals surface area contributed by atoms with Crippen LogP contribution in [0.1, 0.15) is 23.0 Å². The van der Waals surface area contributed by atoms with E-state index in [1.807, 2.05) is 6.07 Å². The highest BCUT2D eigenvalue weighted by Gasteiger charge is 2.15. The molecule has 0 fully saturated rings. The standard InChI is InChI=1S/C11H13FN4/c1-7-2-3-8(6-9(7)12)10(16-13)11-14-4-5-15-11/h2-6,10,16H,13H2,1H3,(H,14,15). The number of benzene rings is 1. The molecule has 0 spiro atoms. The van der Waals surface area contributed by atoms with Crippen LogP contribution in [0.15, 0.2) is 30.6 Å². The lowest BCUT2D eigenvalue weighted by atomic mass is 10.0. The molecule has 0 radical (unpaired) electrons. The van der Waals surface area contributed by atoms with E-state index < -0.39 is 0 Å². The summed E-state index contributed by atoms with van der Waals surface area (Å²) >= 11 is 0. The van der Waals surface area contributed by atoms with E-state index in [9.17, 15) is 4.39 Å². The largest absolute Gasteiger partial charge is 0.347 e. The normalized spacial score (nSPS) is 12.7. The van der Waals surface area contributed by atoms with Gasteiger partial charge in [0.1, 0.15) is 17.7 Å². The van der Waals surface area contributed by atoms with E-state index in [1.165, 1.54) is 6.07 Å². The number of rotatable bonds is 3. The summed E-state index contributed by atoms with van der Waals surface area (Å²) in [5.41, 5.74) is 3.95. The molecule has 0 amide bonds. The summed E-state index contributed by atoms with van der Waals surface area (Å²) in [4.78, 5) is 7.04. The highest BCUT2D eigenvalue weighted by molar-refractivity contribution is 5.29. The average molecular weight is 220 g/mol. The van der Waals surface area contributed by atoms with Gasteiger partial charge < -0.3 is 4.98 Å². The molecule has 16 heavy (non-hydrogen) atoms. The number of halogens is 1. The third-order valence-corrected chi connectivity index (χ3v) is 2.49. The number of hydrazine groups is 1. The van der Waals surface area contributed by atoms with Crippen molar-refractivity contribution in [3.05, 3.63) is 53.4 Å². The van der Waals surface area contributed by atoms with Crippen LogP contribution < -0.4 is 11.3 Å². The van der Waals surface area contributed by atoms with Crippen molar-refractivity contribution >= 4 is 0 Å². The van der Waals surface area contributed by atoms with Crippen molar-refractivity contribution < 1.29 is 4.39 Å². The Bertz CT molecular complexity index is 467. The van der Waals surface area contributed by atoms with E-state index in [0.717, 1.165) is 5.56 Å². The molecule has 0 bridgehead atoms. The van der Waals surface area contributed by atoms with Crippen molar-refractivity contribution in [1.29, 1.82) is 0 Å². The maximum Gasteiger partial charge on any atom is 0.129 e. The fourth-order valence-electron chi connectivity index (χ4n) is 1.56. The predicted molar refractivity (Wildman–Crippen MR) is 58.9 cm³/mol. The van der Waals surface area contributed by atoms with Gasteiger partial charge in [-0.2, -0.15) is 0 Å². The quantitative estimate of drug-likeness (QED) is 0.541. The number of aromatic amines is 1. The van der Waals surface area contributed by atoms with Gasteiger partial charge in [-0.3, -0.25) is 5.84 Å². The molecule has 0 saturated carbocycles. The minimum atomic E-state index is -0.329. The number of H-pyrrole nitrogens is 1. The Hall–Kier alpha value is -1.72. The van der Waals surface area contributed by atoms with E-state index in [1.54, 1.807) is 25.4 Å². The maximum atomic E-state index is 13.4. The summed E-state index contributed by atoms with van der Waals surface area (Å²) < 4.78 is 13.4. The Kier molecular flexibility index (Phi) is 2.98. The lowest BCUT2D eigenvalue weighted by Crippen LogP contribution is -2.29. The molecular weight excluding hydrogens is 207 g/mol. The minimum Gasteiger partial charge on any atom is -0.347 e. The molecule has 1 aromatic heterocycles. The molecule has 2 rings (SSSR count). The van der Waals surface area contributed by atoms with Crippen molar-refractivity contribution in [1.82, 2.24) is 15.4 Å². The van der Waals surface area contributed by atoms with Gasteiger partial charge in [-0.05, 0) is 24.1 Å². The maximum absolute atomic E-state index is 13.4. The van der Waals surface area contributed by atoms with Crippen molar-refractivity contribution in [2.24, 2.45) is 5.84 Å². The van der Waals surface area contributed by atoms with Crippen molar-refractivity contribution in [3.8, 4) is 0 Å². The highest BCUT2D eigenvalue weighted by Crippen LogP contribution is 2.20. The number of nitrogens with two attached hydrogens (primary N) is 1. The zero-order chi connectivity index (χ0) is 11.5. The first-order valence-electron chi connectivity index (χ1n) is 4.94. The third-order valence-electron chi connectivity index (χ3n) is 2.49. The monoisotopic (exact) mass is 220 g/mol. The van der Waals surface area contributed by atoms with Gasteiger partial charge in [0, 0.05) is 12.4 Å². The molecule has 0 saturated heterocycles. The summed E-state index contributed by atoms with van der Waals surface area (Å²) in [5, 5.41) is 0. The number of aromatic nitrogens is 2. The van der Waals surface area contributed by atoms with Crippen LogP contribution in [0.4, 0.5) is 4.39 Å². The highest BCUT2D eigenvalue weighted by atomic mass is 19.1. The van der Waals surface area contributed by atoms with Crippen LogP contribution in [0.25, 0.3) is 0 Å². The van der Waals surface area contributed by atoms with Gasteiger partial charge >= 0.3 is 0 Å². The molecule has 5 heteroatoms. The number of hydrogen-bond donors (Lipinski definition) is 3. The van der Waals surface area contributed by atoms with Gasteiger partial charge in [-0.15, -0.1) is 0 Å². The van der Waals surface area contributed by atoms with E-state index in [4.69, 9.17) is 5.84 Å². The Balaban J connectivity index is 2.37. The average Bonchev–Trinajstić information content (AvgIpc) is 2.78.